The molecule has 8 heteroatoms. The fraction of sp³-hybridized carbons (Fsp3) is 0.250. The van der Waals surface area contributed by atoms with E-state index in [0.29, 0.717) is 41.2 Å². The molecule has 2 N–H and O–H groups in total. The lowest BCUT2D eigenvalue weighted by Crippen LogP contribution is -2.17. The Bertz CT molecular complexity index is 1070. The summed E-state index contributed by atoms with van der Waals surface area (Å²) in [6.45, 7) is 1.77. The number of fused-ring (bicyclic) bond motifs is 1. The van der Waals surface area contributed by atoms with Crippen LogP contribution >= 0.6 is 0 Å². The van der Waals surface area contributed by atoms with Gasteiger partial charge in [0.1, 0.15) is 5.75 Å². The van der Waals surface area contributed by atoms with Crippen molar-refractivity contribution in [2.24, 2.45) is 0 Å². The van der Waals surface area contributed by atoms with Gasteiger partial charge in [0.25, 0.3) is 0 Å². The summed E-state index contributed by atoms with van der Waals surface area (Å²) in [4.78, 5) is 35.5. The average molecular weight is 383 g/mol. The summed E-state index contributed by atoms with van der Waals surface area (Å²) in [6.07, 6.45) is 0.706. The Morgan fingerprint density at radius 3 is 2.68 bits per heavy atom. The molecular weight excluding hydrogens is 362 g/mol. The molecule has 2 aromatic carbocycles. The van der Waals surface area contributed by atoms with Crippen LogP contribution in [0.4, 0.5) is 11.4 Å². The van der Waals surface area contributed by atoms with Crippen LogP contribution < -0.4 is 21.1 Å². The first kappa shape index (κ1) is 19.2. The summed E-state index contributed by atoms with van der Waals surface area (Å²) in [6, 6.07) is 12.2. The summed E-state index contributed by atoms with van der Waals surface area (Å²) in [7, 11) is 1.50. The molecule has 1 heterocycles. The second-order valence-corrected chi connectivity index (χ2v) is 6.24. The molecule has 146 valence electrons. The molecule has 0 spiro atoms. The number of carbonyl (C=O) groups is 2. The van der Waals surface area contributed by atoms with Crippen LogP contribution in [0.5, 0.6) is 5.75 Å². The smallest absolute Gasteiger partial charge is 0.419 e. The zero-order valence-corrected chi connectivity index (χ0v) is 15.7. The third-order valence-electron chi connectivity index (χ3n) is 4.15. The summed E-state index contributed by atoms with van der Waals surface area (Å²) >= 11 is 0. The SMILES string of the molecule is COc1ccc(NC(=O)CCCn2c(=O)oc3ccccc32)cc1NC(C)=O. The molecule has 3 aromatic rings. The average Bonchev–Trinajstić information content (AvgIpc) is 2.97. The molecule has 0 unspecified atom stereocenters. The normalized spacial score (nSPS) is 10.6. The molecule has 0 saturated heterocycles. The van der Waals surface area contributed by atoms with Crippen molar-refractivity contribution in [2.45, 2.75) is 26.3 Å². The molecule has 0 aliphatic carbocycles. The van der Waals surface area contributed by atoms with E-state index in [0.717, 1.165) is 0 Å². The molecule has 0 radical (unpaired) electrons. The zero-order valence-electron chi connectivity index (χ0n) is 15.7. The van der Waals surface area contributed by atoms with Crippen molar-refractivity contribution in [2.75, 3.05) is 17.7 Å². The van der Waals surface area contributed by atoms with Gasteiger partial charge in [0.2, 0.25) is 11.8 Å². The number of amides is 2. The van der Waals surface area contributed by atoms with E-state index >= 15 is 0 Å². The van der Waals surface area contributed by atoms with Crippen molar-refractivity contribution in [1.29, 1.82) is 0 Å². The van der Waals surface area contributed by atoms with Crippen LogP contribution in [0.1, 0.15) is 19.8 Å². The number of nitrogens with one attached hydrogen (secondary N) is 2. The fourth-order valence-corrected chi connectivity index (χ4v) is 2.92. The standard InChI is InChI=1S/C20H21N3O5/c1-13(24)21-15-12-14(9-10-17(15)27-2)22-19(25)8-5-11-23-16-6-3-4-7-18(16)28-20(23)26/h3-4,6-7,9-10,12H,5,8,11H2,1-2H3,(H,21,24)(H,22,25). The second kappa shape index (κ2) is 8.43. The van der Waals surface area contributed by atoms with Gasteiger partial charge in [-0.05, 0) is 36.8 Å². The number of methoxy groups -OCH3 is 1. The minimum absolute atomic E-state index is 0.195. The number of hydrogen-bond acceptors (Lipinski definition) is 5. The molecule has 0 aliphatic rings. The molecule has 0 saturated carbocycles. The van der Waals surface area contributed by atoms with Gasteiger partial charge in [-0.25, -0.2) is 4.79 Å². The van der Waals surface area contributed by atoms with Crippen molar-refractivity contribution in [3.05, 3.63) is 53.0 Å². The lowest BCUT2D eigenvalue weighted by molar-refractivity contribution is -0.116. The van der Waals surface area contributed by atoms with E-state index in [-0.39, 0.29) is 18.2 Å². The van der Waals surface area contributed by atoms with Crippen molar-refractivity contribution < 1.29 is 18.7 Å². The molecule has 0 fully saturated rings. The Morgan fingerprint density at radius 2 is 1.93 bits per heavy atom. The van der Waals surface area contributed by atoms with Crippen molar-refractivity contribution in [3.8, 4) is 5.75 Å². The van der Waals surface area contributed by atoms with Crippen LogP contribution in [0.2, 0.25) is 0 Å². The van der Waals surface area contributed by atoms with Crippen LogP contribution in [-0.4, -0.2) is 23.5 Å². The number of ether oxygens (including phenoxy) is 1. The van der Waals surface area contributed by atoms with E-state index in [1.807, 2.05) is 6.07 Å². The summed E-state index contributed by atoms with van der Waals surface area (Å²) in [5.74, 6) is -0.365. The van der Waals surface area contributed by atoms with Crippen LogP contribution in [0, 0.1) is 0 Å². The van der Waals surface area contributed by atoms with Crippen molar-refractivity contribution >= 4 is 34.3 Å². The molecule has 3 rings (SSSR count). The van der Waals surface area contributed by atoms with Gasteiger partial charge in [-0.3, -0.25) is 14.2 Å². The Kier molecular flexibility index (Phi) is 5.78. The molecule has 0 atom stereocenters. The number of benzene rings is 2. The topological polar surface area (TPSA) is 103 Å². The first-order valence-corrected chi connectivity index (χ1v) is 8.82. The van der Waals surface area contributed by atoms with E-state index in [1.165, 1.54) is 18.6 Å². The first-order valence-electron chi connectivity index (χ1n) is 8.82. The highest BCUT2D eigenvalue weighted by Crippen LogP contribution is 2.28. The minimum atomic E-state index is -0.434. The van der Waals surface area contributed by atoms with Crippen LogP contribution in [0.3, 0.4) is 0 Å². The molecular formula is C20H21N3O5. The molecule has 2 amide bonds. The van der Waals surface area contributed by atoms with Gasteiger partial charge in [-0.2, -0.15) is 0 Å². The maximum atomic E-state index is 12.2. The third kappa shape index (κ3) is 4.40. The number of aromatic nitrogens is 1. The molecule has 1 aromatic heterocycles. The van der Waals surface area contributed by atoms with Crippen molar-refractivity contribution in [1.82, 2.24) is 4.57 Å². The minimum Gasteiger partial charge on any atom is -0.495 e. The number of aryl methyl sites for hydroxylation is 1. The Hall–Kier alpha value is -3.55. The third-order valence-corrected chi connectivity index (χ3v) is 4.15. The number of nitrogens with zero attached hydrogens (tertiary/aromatic N) is 1. The van der Waals surface area contributed by atoms with Gasteiger partial charge in [-0.1, -0.05) is 12.1 Å². The highest BCUT2D eigenvalue weighted by molar-refractivity contribution is 5.94. The largest absolute Gasteiger partial charge is 0.495 e. The van der Waals surface area contributed by atoms with Crippen LogP contribution in [-0.2, 0) is 16.1 Å². The lowest BCUT2D eigenvalue weighted by Gasteiger charge is -2.12. The van der Waals surface area contributed by atoms with Gasteiger partial charge in [0.15, 0.2) is 5.58 Å². The highest BCUT2D eigenvalue weighted by Gasteiger charge is 2.11. The Morgan fingerprint density at radius 1 is 1.14 bits per heavy atom. The van der Waals surface area contributed by atoms with E-state index in [1.54, 1.807) is 36.4 Å². The lowest BCUT2D eigenvalue weighted by atomic mass is 10.2. The fourth-order valence-electron chi connectivity index (χ4n) is 2.92. The summed E-state index contributed by atoms with van der Waals surface area (Å²) in [5, 5.41) is 5.44. The van der Waals surface area contributed by atoms with E-state index < -0.39 is 5.76 Å². The van der Waals surface area contributed by atoms with Gasteiger partial charge >= 0.3 is 5.76 Å². The van der Waals surface area contributed by atoms with E-state index in [4.69, 9.17) is 9.15 Å². The first-order chi connectivity index (χ1) is 13.5. The predicted octanol–water partition coefficient (Wildman–Crippen LogP) is 2.98. The van der Waals surface area contributed by atoms with Gasteiger partial charge in [0, 0.05) is 25.6 Å². The second-order valence-electron chi connectivity index (χ2n) is 6.24. The number of para-hydroxylation sites is 2. The summed E-state index contributed by atoms with van der Waals surface area (Å²) in [5.41, 5.74) is 2.26. The molecule has 0 bridgehead atoms. The number of hydrogen-bond donors (Lipinski definition) is 2. The van der Waals surface area contributed by atoms with Crippen LogP contribution in [0.25, 0.3) is 11.1 Å². The number of anilines is 2. The van der Waals surface area contributed by atoms with Gasteiger partial charge < -0.3 is 19.8 Å². The Labute approximate surface area is 161 Å². The zero-order chi connectivity index (χ0) is 20.1. The Balaban J connectivity index is 1.60. The molecule has 8 nitrogen and oxygen atoms in total. The summed E-state index contributed by atoms with van der Waals surface area (Å²) < 4.78 is 11.9. The predicted molar refractivity (Wildman–Crippen MR) is 106 cm³/mol. The van der Waals surface area contributed by atoms with E-state index in [9.17, 15) is 14.4 Å². The van der Waals surface area contributed by atoms with Crippen LogP contribution in [0.15, 0.2) is 51.7 Å². The number of carbonyl (C=O) groups excluding carboxylic acids is 2. The quantitative estimate of drug-likeness (QED) is 0.653. The molecule has 28 heavy (non-hydrogen) atoms. The van der Waals surface area contributed by atoms with Gasteiger partial charge in [-0.15, -0.1) is 0 Å². The van der Waals surface area contributed by atoms with Gasteiger partial charge in [0.05, 0.1) is 18.3 Å². The number of rotatable bonds is 7. The highest BCUT2D eigenvalue weighted by atomic mass is 16.5. The van der Waals surface area contributed by atoms with Crippen molar-refractivity contribution in [3.63, 3.8) is 0 Å². The number of oxazole rings is 1. The maximum Gasteiger partial charge on any atom is 0.419 e. The van der Waals surface area contributed by atoms with E-state index in [2.05, 4.69) is 10.6 Å². The molecule has 0 aliphatic heterocycles. The maximum absolute atomic E-state index is 12.2. The monoisotopic (exact) mass is 383 g/mol.